The molecule has 130 valence electrons. The molecular formula is C16H28N3O4+. The second kappa shape index (κ2) is 8.35. The van der Waals surface area contributed by atoms with Crippen molar-refractivity contribution in [3.8, 4) is 5.75 Å². The van der Waals surface area contributed by atoms with E-state index in [9.17, 15) is 15.3 Å². The predicted molar refractivity (Wildman–Crippen MR) is 89.5 cm³/mol. The highest BCUT2D eigenvalue weighted by Gasteiger charge is 2.28. The Morgan fingerprint density at radius 3 is 2.30 bits per heavy atom. The molecular weight excluding hydrogens is 298 g/mol. The molecule has 1 heterocycles. The number of hydrogen-bond acceptors (Lipinski definition) is 6. The van der Waals surface area contributed by atoms with Gasteiger partial charge in [-0.3, -0.25) is 0 Å². The minimum absolute atomic E-state index is 0.0379. The Balaban J connectivity index is 2.09. The maximum atomic E-state index is 9.35. The summed E-state index contributed by atoms with van der Waals surface area (Å²) in [7, 11) is 0. The Morgan fingerprint density at radius 2 is 1.70 bits per heavy atom. The highest BCUT2D eigenvalue weighted by molar-refractivity contribution is 5.65. The first-order valence-electron chi connectivity index (χ1n) is 8.09. The Kier molecular flexibility index (Phi) is 6.47. The molecule has 0 atom stereocenters. The summed E-state index contributed by atoms with van der Waals surface area (Å²) in [4.78, 5) is 2.23. The van der Waals surface area contributed by atoms with Crippen molar-refractivity contribution in [2.45, 2.75) is 0 Å². The molecule has 0 aromatic heterocycles. The zero-order chi connectivity index (χ0) is 16.7. The summed E-state index contributed by atoms with van der Waals surface area (Å²) >= 11 is 0. The molecule has 0 spiro atoms. The maximum absolute atomic E-state index is 9.35. The van der Waals surface area contributed by atoms with E-state index in [1.54, 1.807) is 0 Å². The predicted octanol–water partition coefficient (Wildman–Crippen LogP) is -0.739. The minimum Gasteiger partial charge on any atom is -0.489 e. The molecule has 0 saturated heterocycles. The Hall–Kier alpha value is -1.54. The van der Waals surface area contributed by atoms with Gasteiger partial charge in [-0.1, -0.05) is 0 Å². The van der Waals surface area contributed by atoms with Gasteiger partial charge in [0.2, 0.25) is 0 Å². The second-order valence-corrected chi connectivity index (χ2v) is 5.97. The van der Waals surface area contributed by atoms with Gasteiger partial charge >= 0.3 is 0 Å². The van der Waals surface area contributed by atoms with Crippen molar-refractivity contribution < 1.29 is 24.5 Å². The van der Waals surface area contributed by atoms with E-state index in [2.05, 4.69) is 4.90 Å². The number of ether oxygens (including phenoxy) is 1. The third-order valence-electron chi connectivity index (χ3n) is 4.51. The fourth-order valence-electron chi connectivity index (χ4n) is 3.17. The lowest BCUT2D eigenvalue weighted by atomic mass is 10.2. The van der Waals surface area contributed by atoms with Crippen LogP contribution < -0.4 is 15.4 Å². The summed E-state index contributed by atoms with van der Waals surface area (Å²) in [5.41, 5.74) is 7.50. The first kappa shape index (κ1) is 17.8. The smallest absolute Gasteiger partial charge is 0.144 e. The van der Waals surface area contributed by atoms with Crippen molar-refractivity contribution in [1.29, 1.82) is 0 Å². The molecule has 2 rings (SSSR count). The van der Waals surface area contributed by atoms with Gasteiger partial charge in [-0.2, -0.15) is 0 Å². The van der Waals surface area contributed by atoms with Crippen molar-refractivity contribution in [3.05, 3.63) is 18.2 Å². The normalized spacial score (nSPS) is 14.5. The lowest BCUT2D eigenvalue weighted by Gasteiger charge is -2.40. The quantitative estimate of drug-likeness (QED) is 0.352. The summed E-state index contributed by atoms with van der Waals surface area (Å²) in [6, 6.07) is 5.65. The van der Waals surface area contributed by atoms with Crippen LogP contribution >= 0.6 is 0 Å². The molecule has 23 heavy (non-hydrogen) atoms. The number of quaternary nitrogens is 1. The molecule has 1 aromatic carbocycles. The zero-order valence-electron chi connectivity index (χ0n) is 13.5. The molecule has 0 amide bonds. The highest BCUT2D eigenvalue weighted by Crippen LogP contribution is 2.33. The number of nitrogens with two attached hydrogens (primary N) is 1. The molecule has 0 aliphatic carbocycles. The molecule has 0 fully saturated rings. The zero-order valence-corrected chi connectivity index (χ0v) is 13.5. The molecule has 0 bridgehead atoms. The first-order valence-corrected chi connectivity index (χ1v) is 8.09. The summed E-state index contributed by atoms with van der Waals surface area (Å²) in [5.74, 6) is 0.792. The molecule has 7 nitrogen and oxygen atoms in total. The highest BCUT2D eigenvalue weighted by atomic mass is 16.5. The number of anilines is 2. The van der Waals surface area contributed by atoms with E-state index in [0.717, 1.165) is 31.1 Å². The van der Waals surface area contributed by atoms with Crippen LogP contribution in [0.25, 0.3) is 0 Å². The van der Waals surface area contributed by atoms with E-state index in [1.165, 1.54) is 0 Å². The number of hydrogen-bond donors (Lipinski definition) is 4. The van der Waals surface area contributed by atoms with Crippen molar-refractivity contribution in [1.82, 2.24) is 0 Å². The Labute approximate surface area is 137 Å². The van der Waals surface area contributed by atoms with Crippen LogP contribution in [0.2, 0.25) is 0 Å². The molecule has 5 N–H and O–H groups in total. The summed E-state index contributed by atoms with van der Waals surface area (Å²) in [6.45, 7) is 4.60. The van der Waals surface area contributed by atoms with E-state index >= 15 is 0 Å². The summed E-state index contributed by atoms with van der Waals surface area (Å²) < 4.78 is 6.17. The van der Waals surface area contributed by atoms with Gasteiger partial charge in [-0.15, -0.1) is 0 Å². The number of nitrogen functional groups attached to an aromatic ring is 1. The molecule has 1 aliphatic rings. The Bertz CT molecular complexity index is 481. The summed E-state index contributed by atoms with van der Waals surface area (Å²) in [6.07, 6.45) is 0. The fraction of sp³-hybridized carbons (Fsp3) is 0.625. The SMILES string of the molecule is Nc1ccc2c(c1)OCCN2CC[N+](CCO)(CCO)CCO. The number of nitrogens with zero attached hydrogens (tertiary/aromatic N) is 2. The van der Waals surface area contributed by atoms with E-state index in [1.807, 2.05) is 18.2 Å². The third kappa shape index (κ3) is 4.48. The third-order valence-corrected chi connectivity index (χ3v) is 4.51. The minimum atomic E-state index is 0.0379. The van der Waals surface area contributed by atoms with Gasteiger partial charge in [0, 0.05) is 11.8 Å². The van der Waals surface area contributed by atoms with Gasteiger partial charge in [-0.25, -0.2) is 0 Å². The second-order valence-electron chi connectivity index (χ2n) is 5.97. The Morgan fingerprint density at radius 1 is 1.04 bits per heavy atom. The first-order chi connectivity index (χ1) is 11.1. The number of fused-ring (bicyclic) bond motifs is 1. The van der Waals surface area contributed by atoms with Crippen molar-refractivity contribution in [3.63, 3.8) is 0 Å². The van der Waals surface area contributed by atoms with Gasteiger partial charge in [0.05, 0.1) is 45.1 Å². The van der Waals surface area contributed by atoms with Crippen LogP contribution in [-0.2, 0) is 0 Å². The van der Waals surface area contributed by atoms with Crippen LogP contribution in [0.3, 0.4) is 0 Å². The van der Waals surface area contributed by atoms with Gasteiger partial charge in [0.25, 0.3) is 0 Å². The van der Waals surface area contributed by atoms with Gasteiger partial charge in [-0.05, 0) is 12.1 Å². The van der Waals surface area contributed by atoms with Gasteiger partial charge in [0.1, 0.15) is 32.0 Å². The number of aliphatic hydroxyl groups is 3. The molecule has 0 saturated carbocycles. The average molecular weight is 326 g/mol. The monoisotopic (exact) mass is 326 g/mol. The van der Waals surface area contributed by atoms with Gasteiger partial charge in [0.15, 0.2) is 0 Å². The molecule has 7 heteroatoms. The molecule has 0 unspecified atom stereocenters. The number of rotatable bonds is 9. The van der Waals surface area contributed by atoms with Crippen LogP contribution in [0, 0.1) is 0 Å². The van der Waals surface area contributed by atoms with E-state index in [4.69, 9.17) is 10.5 Å². The van der Waals surface area contributed by atoms with Crippen molar-refractivity contribution in [2.75, 3.05) is 76.3 Å². The van der Waals surface area contributed by atoms with Crippen LogP contribution in [-0.4, -0.2) is 85.5 Å². The lowest BCUT2D eigenvalue weighted by molar-refractivity contribution is -0.927. The fourth-order valence-corrected chi connectivity index (χ4v) is 3.17. The largest absolute Gasteiger partial charge is 0.489 e. The lowest BCUT2D eigenvalue weighted by Crippen LogP contribution is -2.56. The van der Waals surface area contributed by atoms with Gasteiger partial charge < -0.3 is 35.2 Å². The van der Waals surface area contributed by atoms with Crippen molar-refractivity contribution >= 4 is 11.4 Å². The topological polar surface area (TPSA) is 99.2 Å². The van der Waals surface area contributed by atoms with E-state index in [-0.39, 0.29) is 19.8 Å². The van der Waals surface area contributed by atoms with Crippen LogP contribution in [0.5, 0.6) is 5.75 Å². The van der Waals surface area contributed by atoms with Crippen LogP contribution in [0.4, 0.5) is 11.4 Å². The average Bonchev–Trinajstić information content (AvgIpc) is 2.53. The van der Waals surface area contributed by atoms with Crippen LogP contribution in [0.15, 0.2) is 18.2 Å². The maximum Gasteiger partial charge on any atom is 0.144 e. The standard InChI is InChI=1S/C16H28N3O4/c17-14-1-2-15-16(13-14)23-12-4-18(15)3-5-19(6-9-20,7-10-21)8-11-22/h1-2,13,20-22H,3-12,17H2/q+1. The van der Waals surface area contributed by atoms with E-state index in [0.29, 0.717) is 36.4 Å². The summed E-state index contributed by atoms with van der Waals surface area (Å²) in [5, 5.41) is 28.1. The molecule has 1 aliphatic heterocycles. The number of benzene rings is 1. The molecule has 1 aromatic rings. The molecule has 0 radical (unpaired) electrons. The van der Waals surface area contributed by atoms with Crippen LogP contribution in [0.1, 0.15) is 0 Å². The van der Waals surface area contributed by atoms with E-state index < -0.39 is 0 Å². The van der Waals surface area contributed by atoms with Crippen molar-refractivity contribution in [2.24, 2.45) is 0 Å². The number of aliphatic hydroxyl groups excluding tert-OH is 3.